The summed E-state index contributed by atoms with van der Waals surface area (Å²) in [6, 6.07) is 3.77. The predicted octanol–water partition coefficient (Wildman–Crippen LogP) is 1.54. The Morgan fingerprint density at radius 1 is 1.60 bits per heavy atom. The van der Waals surface area contributed by atoms with Crippen LogP contribution >= 0.6 is 11.6 Å². The lowest BCUT2D eigenvalue weighted by atomic mass is 10.2. The summed E-state index contributed by atoms with van der Waals surface area (Å²) in [5, 5.41) is 0.470. The topological polar surface area (TPSA) is 51.4 Å². The zero-order valence-corrected chi connectivity index (χ0v) is 9.37. The Morgan fingerprint density at radius 2 is 2.40 bits per heavy atom. The molecule has 1 aliphatic heterocycles. The third kappa shape index (κ3) is 2.16. The van der Waals surface area contributed by atoms with E-state index in [9.17, 15) is 0 Å². The fourth-order valence-electron chi connectivity index (χ4n) is 1.71. The smallest absolute Gasteiger partial charge is 0.153 e. The van der Waals surface area contributed by atoms with Gasteiger partial charge in [0.05, 0.1) is 24.9 Å². The number of nitrogen functional groups attached to an aromatic ring is 1. The zero-order valence-electron chi connectivity index (χ0n) is 8.61. The van der Waals surface area contributed by atoms with Gasteiger partial charge in [0.25, 0.3) is 0 Å². The Labute approximate surface area is 94.0 Å². The van der Waals surface area contributed by atoms with Gasteiger partial charge in [-0.05, 0) is 19.1 Å². The average Bonchev–Trinajstić information content (AvgIpc) is 2.23. The van der Waals surface area contributed by atoms with E-state index in [2.05, 4.69) is 16.8 Å². The van der Waals surface area contributed by atoms with Crippen LogP contribution < -0.4 is 10.6 Å². The second-order valence-electron chi connectivity index (χ2n) is 3.66. The average molecular weight is 228 g/mol. The first kappa shape index (κ1) is 10.5. The number of anilines is 2. The van der Waals surface area contributed by atoms with Gasteiger partial charge in [0.2, 0.25) is 0 Å². The van der Waals surface area contributed by atoms with Crippen LogP contribution in [0.25, 0.3) is 0 Å². The number of hydrogen-bond donors (Lipinski definition) is 1. The van der Waals surface area contributed by atoms with Gasteiger partial charge < -0.3 is 15.4 Å². The molecule has 0 amide bonds. The Morgan fingerprint density at radius 3 is 3.13 bits per heavy atom. The van der Waals surface area contributed by atoms with E-state index in [-0.39, 0.29) is 6.04 Å². The molecule has 82 valence electrons. The number of ether oxygens (including phenoxy) is 1. The van der Waals surface area contributed by atoms with Gasteiger partial charge in [-0.3, -0.25) is 0 Å². The molecule has 2 N–H and O–H groups in total. The number of rotatable bonds is 1. The maximum absolute atomic E-state index is 5.88. The first-order valence-electron chi connectivity index (χ1n) is 4.95. The molecule has 15 heavy (non-hydrogen) atoms. The molecule has 1 fully saturated rings. The highest BCUT2D eigenvalue weighted by Crippen LogP contribution is 2.25. The molecule has 5 heteroatoms. The van der Waals surface area contributed by atoms with E-state index >= 15 is 0 Å². The molecule has 0 aliphatic carbocycles. The number of hydrogen-bond acceptors (Lipinski definition) is 4. The molecular formula is C10H14ClN3O. The number of morpholine rings is 1. The summed E-state index contributed by atoms with van der Waals surface area (Å²) >= 11 is 5.86. The molecule has 4 nitrogen and oxygen atoms in total. The second kappa shape index (κ2) is 4.24. The molecule has 1 saturated heterocycles. The molecule has 0 radical (unpaired) electrons. The minimum absolute atomic E-state index is 0.284. The molecule has 2 heterocycles. The molecule has 1 aromatic rings. The van der Waals surface area contributed by atoms with Crippen LogP contribution in [0.5, 0.6) is 0 Å². The van der Waals surface area contributed by atoms with Gasteiger partial charge in [-0.2, -0.15) is 0 Å². The zero-order chi connectivity index (χ0) is 10.8. The Hall–Kier alpha value is -1.00. The summed E-state index contributed by atoms with van der Waals surface area (Å²) in [6.07, 6.45) is 0. The number of nitrogens with zero attached hydrogens (tertiary/aromatic N) is 2. The molecule has 0 aromatic carbocycles. The molecule has 1 aliphatic rings. The summed E-state index contributed by atoms with van der Waals surface area (Å²) in [6.45, 7) is 4.30. The number of halogens is 1. The highest BCUT2D eigenvalue weighted by Gasteiger charge is 2.22. The molecule has 1 aromatic heterocycles. The predicted molar refractivity (Wildman–Crippen MR) is 61.3 cm³/mol. The molecule has 0 spiro atoms. The van der Waals surface area contributed by atoms with Crippen molar-refractivity contribution in [3.63, 3.8) is 0 Å². The van der Waals surface area contributed by atoms with Crippen molar-refractivity contribution in [2.24, 2.45) is 0 Å². The largest absolute Gasteiger partial charge is 0.396 e. The van der Waals surface area contributed by atoms with Gasteiger partial charge in [0.15, 0.2) is 5.82 Å². The van der Waals surface area contributed by atoms with Gasteiger partial charge >= 0.3 is 0 Å². The molecule has 0 bridgehead atoms. The lowest BCUT2D eigenvalue weighted by molar-refractivity contribution is 0.0986. The third-order valence-corrected chi connectivity index (χ3v) is 2.72. The normalized spacial score (nSPS) is 21.7. The maximum Gasteiger partial charge on any atom is 0.153 e. The van der Waals surface area contributed by atoms with Crippen LogP contribution in [-0.2, 0) is 4.74 Å². The summed E-state index contributed by atoms with van der Waals surface area (Å²) < 4.78 is 5.36. The van der Waals surface area contributed by atoms with Crippen LogP contribution in [0.3, 0.4) is 0 Å². The first-order chi connectivity index (χ1) is 7.18. The van der Waals surface area contributed by atoms with Crippen molar-refractivity contribution in [1.29, 1.82) is 0 Å². The standard InChI is InChI=1S/C10H14ClN3O/c1-7-6-15-5-4-14(7)10-8(12)2-3-9(11)13-10/h2-3,7H,4-6,12H2,1H3. The maximum atomic E-state index is 5.88. The quantitative estimate of drug-likeness (QED) is 0.740. The van der Waals surface area contributed by atoms with Crippen LogP contribution in [0.15, 0.2) is 12.1 Å². The van der Waals surface area contributed by atoms with Crippen molar-refractivity contribution in [3.05, 3.63) is 17.3 Å². The van der Waals surface area contributed by atoms with Crippen molar-refractivity contribution in [2.75, 3.05) is 30.4 Å². The molecule has 2 rings (SSSR count). The highest BCUT2D eigenvalue weighted by atomic mass is 35.5. The number of pyridine rings is 1. The monoisotopic (exact) mass is 227 g/mol. The van der Waals surface area contributed by atoms with Crippen LogP contribution in [0, 0.1) is 0 Å². The van der Waals surface area contributed by atoms with Crippen LogP contribution in [-0.4, -0.2) is 30.8 Å². The van der Waals surface area contributed by atoms with Gasteiger partial charge in [0, 0.05) is 6.54 Å². The van der Waals surface area contributed by atoms with Gasteiger partial charge in [0.1, 0.15) is 5.15 Å². The van der Waals surface area contributed by atoms with E-state index in [1.165, 1.54) is 0 Å². The van der Waals surface area contributed by atoms with Gasteiger partial charge in [-0.15, -0.1) is 0 Å². The van der Waals surface area contributed by atoms with Crippen molar-refractivity contribution >= 4 is 23.1 Å². The van der Waals surface area contributed by atoms with Crippen molar-refractivity contribution in [3.8, 4) is 0 Å². The second-order valence-corrected chi connectivity index (χ2v) is 4.05. The van der Waals surface area contributed by atoms with E-state index in [0.717, 1.165) is 12.4 Å². The minimum Gasteiger partial charge on any atom is -0.396 e. The molecular weight excluding hydrogens is 214 g/mol. The minimum atomic E-state index is 0.284. The Bertz CT molecular complexity index is 359. The van der Waals surface area contributed by atoms with E-state index in [1.54, 1.807) is 12.1 Å². The fourth-order valence-corrected chi connectivity index (χ4v) is 1.85. The highest BCUT2D eigenvalue weighted by molar-refractivity contribution is 6.29. The van der Waals surface area contributed by atoms with Crippen molar-refractivity contribution in [1.82, 2.24) is 4.98 Å². The summed E-state index contributed by atoms with van der Waals surface area (Å²) in [5.74, 6) is 0.762. The molecule has 0 saturated carbocycles. The lowest BCUT2D eigenvalue weighted by Gasteiger charge is -2.34. The van der Waals surface area contributed by atoms with E-state index < -0.39 is 0 Å². The fraction of sp³-hybridized carbons (Fsp3) is 0.500. The number of aromatic nitrogens is 1. The van der Waals surface area contributed by atoms with Crippen LogP contribution in [0.4, 0.5) is 11.5 Å². The molecule has 1 unspecified atom stereocenters. The van der Waals surface area contributed by atoms with Crippen molar-refractivity contribution < 1.29 is 4.74 Å². The lowest BCUT2D eigenvalue weighted by Crippen LogP contribution is -2.44. The van der Waals surface area contributed by atoms with Crippen LogP contribution in [0.1, 0.15) is 6.92 Å². The van der Waals surface area contributed by atoms with E-state index in [4.69, 9.17) is 22.1 Å². The number of nitrogens with two attached hydrogens (primary N) is 1. The molecule has 1 atom stereocenters. The van der Waals surface area contributed by atoms with Gasteiger partial charge in [-0.1, -0.05) is 11.6 Å². The summed E-state index contributed by atoms with van der Waals surface area (Å²) in [4.78, 5) is 6.39. The SMILES string of the molecule is CC1COCCN1c1nc(Cl)ccc1N. The summed E-state index contributed by atoms with van der Waals surface area (Å²) in [7, 11) is 0. The summed E-state index contributed by atoms with van der Waals surface area (Å²) in [5.41, 5.74) is 6.54. The van der Waals surface area contributed by atoms with Gasteiger partial charge in [-0.25, -0.2) is 4.98 Å². The third-order valence-electron chi connectivity index (χ3n) is 2.51. The van der Waals surface area contributed by atoms with E-state index in [0.29, 0.717) is 24.1 Å². The Balaban J connectivity index is 2.30. The first-order valence-corrected chi connectivity index (χ1v) is 5.32. The van der Waals surface area contributed by atoms with Crippen LogP contribution in [0.2, 0.25) is 5.15 Å². The van der Waals surface area contributed by atoms with E-state index in [1.807, 2.05) is 0 Å². The van der Waals surface area contributed by atoms with Crippen molar-refractivity contribution in [2.45, 2.75) is 13.0 Å². The Kier molecular flexibility index (Phi) is 2.98.